The first-order valence-corrected chi connectivity index (χ1v) is 7.12. The minimum absolute atomic E-state index is 0.0333. The number of carboxylic acids is 1. The van der Waals surface area contributed by atoms with E-state index in [4.69, 9.17) is 16.7 Å². The standard InChI is InChI=1S/C15H9Cl2F2NO4/c16-10-5-2-6-11(12(10)14(22)23)20-13(21)8-3-1-4-9(7-8)24-15(17,18)19/h1-7H,(H,20,21)(H,22,23). The molecule has 2 aromatic carbocycles. The van der Waals surface area contributed by atoms with Crippen LogP contribution in [0.15, 0.2) is 42.5 Å². The Kier molecular flexibility index (Phi) is 5.26. The van der Waals surface area contributed by atoms with Crippen LogP contribution in [0.2, 0.25) is 5.02 Å². The number of hydrogen-bond acceptors (Lipinski definition) is 3. The Morgan fingerprint density at radius 2 is 1.83 bits per heavy atom. The van der Waals surface area contributed by atoms with Gasteiger partial charge in [-0.25, -0.2) is 4.79 Å². The highest BCUT2D eigenvalue weighted by Crippen LogP contribution is 2.27. The van der Waals surface area contributed by atoms with Gasteiger partial charge in [0.25, 0.3) is 5.91 Å². The summed E-state index contributed by atoms with van der Waals surface area (Å²) in [7, 11) is 0. The lowest BCUT2D eigenvalue weighted by atomic mass is 10.1. The second kappa shape index (κ2) is 7.02. The van der Waals surface area contributed by atoms with Gasteiger partial charge >= 0.3 is 11.5 Å². The molecule has 9 heteroatoms. The highest BCUT2D eigenvalue weighted by molar-refractivity contribution is 6.34. The van der Waals surface area contributed by atoms with E-state index < -0.39 is 17.4 Å². The molecule has 126 valence electrons. The molecule has 0 unspecified atom stereocenters. The average Bonchev–Trinajstić information content (AvgIpc) is 2.45. The Morgan fingerprint density at radius 1 is 1.17 bits per heavy atom. The van der Waals surface area contributed by atoms with E-state index in [0.717, 1.165) is 6.07 Å². The number of halogens is 4. The van der Waals surface area contributed by atoms with Gasteiger partial charge in [0.15, 0.2) is 0 Å². The van der Waals surface area contributed by atoms with Crippen molar-refractivity contribution in [3.05, 3.63) is 58.6 Å². The minimum atomic E-state index is -3.92. The van der Waals surface area contributed by atoms with Gasteiger partial charge in [-0.3, -0.25) is 4.79 Å². The van der Waals surface area contributed by atoms with E-state index in [9.17, 15) is 18.4 Å². The predicted octanol–water partition coefficient (Wildman–Crippen LogP) is 4.46. The van der Waals surface area contributed by atoms with E-state index in [1.807, 2.05) is 0 Å². The summed E-state index contributed by atoms with van der Waals surface area (Å²) in [5.41, 5.74) is -4.27. The normalized spacial score (nSPS) is 11.0. The fourth-order valence-electron chi connectivity index (χ4n) is 1.87. The number of hydrogen-bond donors (Lipinski definition) is 2. The van der Waals surface area contributed by atoms with Crippen LogP contribution in [0.1, 0.15) is 20.7 Å². The Bertz CT molecular complexity index is 793. The van der Waals surface area contributed by atoms with Crippen LogP contribution >= 0.6 is 23.2 Å². The van der Waals surface area contributed by atoms with E-state index in [2.05, 4.69) is 21.7 Å². The van der Waals surface area contributed by atoms with Gasteiger partial charge in [0.1, 0.15) is 11.3 Å². The van der Waals surface area contributed by atoms with Gasteiger partial charge in [-0.05, 0) is 30.3 Å². The molecular formula is C15H9Cl2F2NO4. The lowest BCUT2D eigenvalue weighted by molar-refractivity contribution is -0.0965. The number of carboxylic acid groups (broad SMARTS) is 1. The molecule has 0 fully saturated rings. The largest absolute Gasteiger partial charge is 0.487 e. The molecule has 0 saturated heterocycles. The molecule has 0 heterocycles. The topological polar surface area (TPSA) is 75.6 Å². The first kappa shape index (κ1) is 18.0. The molecular weight excluding hydrogens is 367 g/mol. The predicted molar refractivity (Wildman–Crippen MR) is 84.2 cm³/mol. The molecule has 0 radical (unpaired) electrons. The quantitative estimate of drug-likeness (QED) is 0.756. The van der Waals surface area contributed by atoms with Crippen LogP contribution in [-0.2, 0) is 0 Å². The third-order valence-electron chi connectivity index (χ3n) is 2.81. The molecule has 2 aromatic rings. The number of aromatic carboxylic acids is 1. The summed E-state index contributed by atoms with van der Waals surface area (Å²) in [5, 5.41) is 11.5. The molecule has 1 amide bonds. The molecule has 0 saturated carbocycles. The second-order valence-electron chi connectivity index (χ2n) is 4.50. The average molecular weight is 376 g/mol. The maximum Gasteiger partial charge on any atom is 0.487 e. The minimum Gasteiger partial charge on any atom is -0.478 e. The highest BCUT2D eigenvalue weighted by atomic mass is 35.5. The second-order valence-corrected chi connectivity index (χ2v) is 5.34. The molecule has 0 atom stereocenters. The van der Waals surface area contributed by atoms with Gasteiger partial charge in [0, 0.05) is 17.2 Å². The highest BCUT2D eigenvalue weighted by Gasteiger charge is 2.28. The SMILES string of the molecule is O=C(Nc1cccc(Cl)c1C(=O)O)c1cccc(OC(F)(F)Cl)c1. The molecule has 0 aliphatic carbocycles. The Balaban J connectivity index is 2.27. The van der Waals surface area contributed by atoms with Crippen LogP contribution in [0.4, 0.5) is 14.5 Å². The molecule has 0 bridgehead atoms. The Hall–Kier alpha value is -2.38. The Morgan fingerprint density at radius 3 is 2.46 bits per heavy atom. The van der Waals surface area contributed by atoms with Crippen molar-refractivity contribution >= 4 is 40.8 Å². The summed E-state index contributed by atoms with van der Waals surface area (Å²) in [4.78, 5) is 23.4. The van der Waals surface area contributed by atoms with Crippen molar-refractivity contribution < 1.29 is 28.2 Å². The van der Waals surface area contributed by atoms with Crippen molar-refractivity contribution in [2.45, 2.75) is 5.57 Å². The van der Waals surface area contributed by atoms with Gasteiger partial charge in [0.2, 0.25) is 0 Å². The number of ether oxygens (including phenoxy) is 1. The summed E-state index contributed by atoms with van der Waals surface area (Å²) < 4.78 is 29.4. The number of amides is 1. The van der Waals surface area contributed by atoms with Crippen LogP contribution in [0.5, 0.6) is 5.75 Å². The first-order valence-electron chi connectivity index (χ1n) is 6.36. The maximum atomic E-state index is 12.6. The zero-order valence-corrected chi connectivity index (χ0v) is 13.2. The van der Waals surface area contributed by atoms with E-state index in [-0.39, 0.29) is 27.6 Å². The lowest BCUT2D eigenvalue weighted by Crippen LogP contribution is -2.17. The van der Waals surface area contributed by atoms with Gasteiger partial charge in [-0.15, -0.1) is 8.78 Å². The van der Waals surface area contributed by atoms with Crippen molar-refractivity contribution in [2.75, 3.05) is 5.32 Å². The van der Waals surface area contributed by atoms with Gasteiger partial charge in [0.05, 0.1) is 10.7 Å². The number of carbonyl (C=O) groups excluding carboxylic acids is 1. The number of nitrogens with one attached hydrogen (secondary N) is 1. The van der Waals surface area contributed by atoms with Crippen molar-refractivity contribution in [2.24, 2.45) is 0 Å². The molecule has 2 rings (SSSR count). The van der Waals surface area contributed by atoms with Crippen LogP contribution < -0.4 is 10.1 Å². The molecule has 5 nitrogen and oxygen atoms in total. The van der Waals surface area contributed by atoms with E-state index in [1.165, 1.54) is 36.4 Å². The maximum absolute atomic E-state index is 12.6. The van der Waals surface area contributed by atoms with E-state index >= 15 is 0 Å². The number of rotatable bonds is 5. The van der Waals surface area contributed by atoms with Gasteiger partial charge in [-0.2, -0.15) is 0 Å². The van der Waals surface area contributed by atoms with Crippen LogP contribution in [-0.4, -0.2) is 22.6 Å². The number of anilines is 1. The van der Waals surface area contributed by atoms with Crippen molar-refractivity contribution in [1.29, 1.82) is 0 Å². The molecule has 0 spiro atoms. The summed E-state index contributed by atoms with van der Waals surface area (Å²) in [6.07, 6.45) is 0. The van der Waals surface area contributed by atoms with Gasteiger partial charge < -0.3 is 15.2 Å². The van der Waals surface area contributed by atoms with Crippen molar-refractivity contribution in [3.8, 4) is 5.75 Å². The molecule has 24 heavy (non-hydrogen) atoms. The van der Waals surface area contributed by atoms with Crippen LogP contribution in [0.3, 0.4) is 0 Å². The third kappa shape index (κ3) is 4.56. The number of alkyl halides is 3. The van der Waals surface area contributed by atoms with E-state index in [1.54, 1.807) is 0 Å². The monoisotopic (exact) mass is 375 g/mol. The molecule has 2 N–H and O–H groups in total. The van der Waals surface area contributed by atoms with E-state index in [0.29, 0.717) is 0 Å². The third-order valence-corrected chi connectivity index (χ3v) is 3.20. The summed E-state index contributed by atoms with van der Waals surface area (Å²) in [6, 6.07) is 9.03. The van der Waals surface area contributed by atoms with Crippen LogP contribution in [0, 0.1) is 0 Å². The Labute approximate surface area is 144 Å². The smallest absolute Gasteiger partial charge is 0.478 e. The van der Waals surface area contributed by atoms with Crippen LogP contribution in [0.25, 0.3) is 0 Å². The molecule has 0 aromatic heterocycles. The summed E-state index contributed by atoms with van der Waals surface area (Å²) in [5.74, 6) is -2.38. The summed E-state index contributed by atoms with van der Waals surface area (Å²) in [6.45, 7) is 0. The first-order chi connectivity index (χ1) is 11.2. The molecule has 0 aliphatic heterocycles. The fourth-order valence-corrected chi connectivity index (χ4v) is 2.22. The number of benzene rings is 2. The summed E-state index contributed by atoms with van der Waals surface area (Å²) >= 11 is 10.5. The zero-order valence-electron chi connectivity index (χ0n) is 11.7. The molecule has 0 aliphatic rings. The lowest BCUT2D eigenvalue weighted by Gasteiger charge is -2.12. The van der Waals surface area contributed by atoms with Crippen molar-refractivity contribution in [3.63, 3.8) is 0 Å². The number of carbonyl (C=O) groups is 2. The fraction of sp³-hybridized carbons (Fsp3) is 0.0667. The van der Waals surface area contributed by atoms with Crippen molar-refractivity contribution in [1.82, 2.24) is 0 Å². The van der Waals surface area contributed by atoms with Gasteiger partial charge in [-0.1, -0.05) is 23.7 Å². The zero-order chi connectivity index (χ0) is 17.9.